The third-order valence-corrected chi connectivity index (χ3v) is 3.77. The Kier molecular flexibility index (Phi) is 2.91. The van der Waals surface area contributed by atoms with Crippen molar-refractivity contribution in [2.45, 2.75) is 31.4 Å². The van der Waals surface area contributed by atoms with Crippen molar-refractivity contribution in [1.82, 2.24) is 9.88 Å². The van der Waals surface area contributed by atoms with E-state index >= 15 is 0 Å². The number of pyridine rings is 1. The fourth-order valence-electron chi connectivity index (χ4n) is 2.92. The summed E-state index contributed by atoms with van der Waals surface area (Å²) >= 11 is 0. The molecule has 1 aliphatic carbocycles. The molecule has 18 heavy (non-hydrogen) atoms. The normalized spacial score (nSPS) is 27.0. The van der Waals surface area contributed by atoms with Gasteiger partial charge in [0.2, 0.25) is 0 Å². The number of carbonyl (C=O) groups is 1. The Balaban J connectivity index is 1.83. The predicted molar refractivity (Wildman–Crippen MR) is 67.1 cm³/mol. The fourth-order valence-corrected chi connectivity index (χ4v) is 2.92. The van der Waals surface area contributed by atoms with Crippen LogP contribution >= 0.6 is 0 Å². The average Bonchev–Trinajstić information content (AvgIpc) is 2.86. The lowest BCUT2D eigenvalue weighted by Gasteiger charge is -2.37. The van der Waals surface area contributed by atoms with Crippen molar-refractivity contribution in [3.63, 3.8) is 0 Å². The van der Waals surface area contributed by atoms with E-state index in [0.717, 1.165) is 19.3 Å². The Labute approximate surface area is 106 Å². The number of morpholine rings is 1. The molecule has 2 aliphatic rings. The van der Waals surface area contributed by atoms with Crippen molar-refractivity contribution in [2.24, 2.45) is 0 Å². The maximum Gasteiger partial charge on any atom is 0.254 e. The van der Waals surface area contributed by atoms with Crippen LogP contribution in [0, 0.1) is 0 Å². The van der Waals surface area contributed by atoms with Gasteiger partial charge in [-0.3, -0.25) is 4.79 Å². The van der Waals surface area contributed by atoms with Gasteiger partial charge >= 0.3 is 0 Å². The first-order chi connectivity index (χ1) is 8.75. The molecule has 5 nitrogen and oxygen atoms in total. The van der Waals surface area contributed by atoms with Crippen LogP contribution in [0.15, 0.2) is 18.3 Å². The highest BCUT2D eigenvalue weighted by molar-refractivity contribution is 5.95. The van der Waals surface area contributed by atoms with Crippen LogP contribution in [0.2, 0.25) is 0 Å². The van der Waals surface area contributed by atoms with Crippen molar-refractivity contribution in [1.29, 1.82) is 0 Å². The number of anilines is 1. The van der Waals surface area contributed by atoms with Crippen LogP contribution in [0.4, 0.5) is 5.82 Å². The number of fused-ring (bicyclic) bond motifs is 1. The maximum absolute atomic E-state index is 12.5. The lowest BCUT2D eigenvalue weighted by atomic mass is 10.1. The molecule has 1 aromatic rings. The summed E-state index contributed by atoms with van der Waals surface area (Å²) in [7, 11) is 0. The predicted octanol–water partition coefficient (Wildman–Crippen LogP) is 1.06. The third-order valence-electron chi connectivity index (χ3n) is 3.77. The molecule has 2 heterocycles. The van der Waals surface area contributed by atoms with Crippen molar-refractivity contribution >= 4 is 11.7 Å². The maximum atomic E-state index is 12.5. The van der Waals surface area contributed by atoms with E-state index in [1.54, 1.807) is 18.3 Å². The van der Waals surface area contributed by atoms with Crippen LogP contribution in [0.1, 0.15) is 29.6 Å². The summed E-state index contributed by atoms with van der Waals surface area (Å²) in [4.78, 5) is 18.3. The molecule has 0 aromatic carbocycles. The summed E-state index contributed by atoms with van der Waals surface area (Å²) in [5, 5.41) is 0. The van der Waals surface area contributed by atoms with Crippen molar-refractivity contribution in [3.05, 3.63) is 23.9 Å². The minimum atomic E-state index is 0.0456. The average molecular weight is 247 g/mol. The highest BCUT2D eigenvalue weighted by Gasteiger charge is 2.38. The molecule has 0 spiro atoms. The second-order valence-electron chi connectivity index (χ2n) is 4.88. The van der Waals surface area contributed by atoms with E-state index in [0.29, 0.717) is 24.5 Å². The Bertz CT molecular complexity index is 463. The second kappa shape index (κ2) is 4.57. The van der Waals surface area contributed by atoms with Gasteiger partial charge in [0.05, 0.1) is 18.8 Å². The van der Waals surface area contributed by atoms with Crippen LogP contribution in [-0.2, 0) is 4.74 Å². The minimum Gasteiger partial charge on any atom is -0.384 e. The molecule has 2 atom stereocenters. The van der Waals surface area contributed by atoms with Gasteiger partial charge in [0, 0.05) is 18.3 Å². The van der Waals surface area contributed by atoms with Crippen LogP contribution in [0.5, 0.6) is 0 Å². The molecule has 0 bridgehead atoms. The van der Waals surface area contributed by atoms with Gasteiger partial charge in [-0.25, -0.2) is 4.98 Å². The van der Waals surface area contributed by atoms with E-state index in [-0.39, 0.29) is 18.1 Å². The van der Waals surface area contributed by atoms with Gasteiger partial charge in [-0.05, 0) is 31.4 Å². The monoisotopic (exact) mass is 247 g/mol. The van der Waals surface area contributed by atoms with E-state index in [1.165, 1.54) is 0 Å². The molecule has 2 N–H and O–H groups in total. The van der Waals surface area contributed by atoms with Crippen molar-refractivity contribution < 1.29 is 9.53 Å². The van der Waals surface area contributed by atoms with Crippen LogP contribution < -0.4 is 5.73 Å². The topological polar surface area (TPSA) is 68.5 Å². The lowest BCUT2D eigenvalue weighted by molar-refractivity contribution is -0.0445. The van der Waals surface area contributed by atoms with E-state index in [1.807, 2.05) is 4.90 Å². The highest BCUT2D eigenvalue weighted by atomic mass is 16.5. The number of rotatable bonds is 1. The number of amides is 1. The summed E-state index contributed by atoms with van der Waals surface area (Å²) in [6.45, 7) is 1.30. The lowest BCUT2D eigenvalue weighted by Crippen LogP contribution is -2.51. The summed E-state index contributed by atoms with van der Waals surface area (Å²) in [5.74, 6) is 0.432. The Morgan fingerprint density at radius 1 is 1.50 bits per heavy atom. The van der Waals surface area contributed by atoms with E-state index < -0.39 is 0 Å². The molecule has 1 saturated heterocycles. The van der Waals surface area contributed by atoms with Gasteiger partial charge in [0.25, 0.3) is 5.91 Å². The van der Waals surface area contributed by atoms with Gasteiger partial charge in [-0.2, -0.15) is 0 Å². The zero-order valence-electron chi connectivity index (χ0n) is 10.2. The molecular weight excluding hydrogens is 230 g/mol. The number of nitrogen functional groups attached to an aromatic ring is 1. The smallest absolute Gasteiger partial charge is 0.254 e. The van der Waals surface area contributed by atoms with E-state index in [9.17, 15) is 4.79 Å². The van der Waals surface area contributed by atoms with Crippen LogP contribution in [0.3, 0.4) is 0 Å². The molecular formula is C13H17N3O2. The second-order valence-corrected chi connectivity index (χ2v) is 4.88. The molecule has 2 fully saturated rings. The molecule has 1 saturated carbocycles. The number of aromatic nitrogens is 1. The number of nitrogens with zero attached hydrogens (tertiary/aromatic N) is 2. The largest absolute Gasteiger partial charge is 0.384 e. The minimum absolute atomic E-state index is 0.0456. The van der Waals surface area contributed by atoms with Gasteiger partial charge < -0.3 is 15.4 Å². The van der Waals surface area contributed by atoms with E-state index in [2.05, 4.69) is 4.98 Å². The number of carbonyl (C=O) groups excluding carboxylic acids is 1. The van der Waals surface area contributed by atoms with Crippen LogP contribution in [-0.4, -0.2) is 41.1 Å². The van der Waals surface area contributed by atoms with Crippen molar-refractivity contribution in [2.75, 3.05) is 18.9 Å². The molecule has 3 rings (SSSR count). The Morgan fingerprint density at radius 3 is 3.22 bits per heavy atom. The summed E-state index contributed by atoms with van der Waals surface area (Å²) in [5.41, 5.74) is 6.25. The number of hydrogen-bond donors (Lipinski definition) is 1. The molecule has 2 unspecified atom stereocenters. The van der Waals surface area contributed by atoms with Crippen molar-refractivity contribution in [3.8, 4) is 0 Å². The summed E-state index contributed by atoms with van der Waals surface area (Å²) in [6.07, 6.45) is 5.04. The number of hydrogen-bond acceptors (Lipinski definition) is 4. The molecule has 5 heteroatoms. The Hall–Kier alpha value is -1.62. The molecule has 1 amide bonds. The quantitative estimate of drug-likeness (QED) is 0.805. The van der Waals surface area contributed by atoms with E-state index in [4.69, 9.17) is 10.5 Å². The zero-order valence-corrected chi connectivity index (χ0v) is 10.2. The molecule has 1 aliphatic heterocycles. The molecule has 96 valence electrons. The summed E-state index contributed by atoms with van der Waals surface area (Å²) < 4.78 is 5.71. The Morgan fingerprint density at radius 2 is 2.39 bits per heavy atom. The fraction of sp³-hybridized carbons (Fsp3) is 0.538. The first-order valence-corrected chi connectivity index (χ1v) is 6.40. The standard InChI is InChI=1S/C13H17N3O2/c14-12-8-9(4-5-15-12)13(17)16-6-7-18-11-3-1-2-10(11)16/h4-5,8,10-11H,1-3,6-7H2,(H2,14,15). The van der Waals surface area contributed by atoms with Gasteiger partial charge in [0.15, 0.2) is 0 Å². The van der Waals surface area contributed by atoms with Gasteiger partial charge in [0.1, 0.15) is 5.82 Å². The van der Waals surface area contributed by atoms with Crippen LogP contribution in [0.25, 0.3) is 0 Å². The van der Waals surface area contributed by atoms with Gasteiger partial charge in [-0.1, -0.05) is 0 Å². The van der Waals surface area contributed by atoms with Gasteiger partial charge in [-0.15, -0.1) is 0 Å². The SMILES string of the molecule is Nc1cc(C(=O)N2CCOC3CCCC32)ccn1. The first-order valence-electron chi connectivity index (χ1n) is 6.40. The molecule has 0 radical (unpaired) electrons. The zero-order chi connectivity index (χ0) is 12.5. The molecule has 1 aromatic heterocycles. The highest BCUT2D eigenvalue weighted by Crippen LogP contribution is 2.30. The first kappa shape index (κ1) is 11.5. The number of ether oxygens (including phenoxy) is 1. The third kappa shape index (κ3) is 1.95. The summed E-state index contributed by atoms with van der Waals surface area (Å²) in [6, 6.07) is 3.60. The number of nitrogens with two attached hydrogens (primary N) is 1.